The van der Waals surface area contributed by atoms with E-state index in [1.54, 1.807) is 4.90 Å². The molecule has 1 saturated heterocycles. The van der Waals surface area contributed by atoms with Crippen molar-refractivity contribution in [3.8, 4) is 0 Å². The molecule has 3 amide bonds. The Morgan fingerprint density at radius 2 is 1.71 bits per heavy atom. The lowest BCUT2D eigenvalue weighted by Crippen LogP contribution is -2.49. The Hall–Kier alpha value is -1.63. The summed E-state index contributed by atoms with van der Waals surface area (Å²) in [4.78, 5) is 34.9. The molecule has 96 valence electrons. The molecular formula is C10H18N4O3. The van der Waals surface area contributed by atoms with Crippen molar-refractivity contribution < 1.29 is 14.4 Å². The van der Waals surface area contributed by atoms with Gasteiger partial charge in [-0.3, -0.25) is 14.4 Å². The number of carbonyl (C=O) groups excluding carboxylic acids is 3. The zero-order chi connectivity index (χ0) is 13.0. The molecule has 1 aliphatic rings. The van der Waals surface area contributed by atoms with E-state index < -0.39 is 11.9 Å². The summed E-state index contributed by atoms with van der Waals surface area (Å²) in [6.07, 6.45) is 0.934. The Labute approximate surface area is 99.3 Å². The van der Waals surface area contributed by atoms with Crippen LogP contribution in [0.5, 0.6) is 0 Å². The van der Waals surface area contributed by atoms with Gasteiger partial charge in [0.1, 0.15) is 0 Å². The number of nitrogens with two attached hydrogens (primary N) is 3. The van der Waals surface area contributed by atoms with Crippen LogP contribution in [0, 0.1) is 5.92 Å². The maximum atomic E-state index is 11.8. The molecule has 1 unspecified atom stereocenters. The first-order chi connectivity index (χ1) is 7.91. The van der Waals surface area contributed by atoms with E-state index in [-0.39, 0.29) is 24.2 Å². The first-order valence-corrected chi connectivity index (χ1v) is 5.53. The lowest BCUT2D eigenvalue weighted by atomic mass is 9.95. The van der Waals surface area contributed by atoms with E-state index >= 15 is 0 Å². The predicted molar refractivity (Wildman–Crippen MR) is 60.3 cm³/mol. The van der Waals surface area contributed by atoms with E-state index in [9.17, 15) is 14.4 Å². The number of nitrogens with zero attached hydrogens (tertiary/aromatic N) is 1. The highest BCUT2D eigenvalue weighted by Crippen LogP contribution is 2.17. The number of amides is 3. The molecular weight excluding hydrogens is 224 g/mol. The molecule has 0 aromatic carbocycles. The Kier molecular flexibility index (Phi) is 4.45. The van der Waals surface area contributed by atoms with Crippen LogP contribution in [-0.4, -0.2) is 41.8 Å². The SMILES string of the molecule is NC(=O)CC(N)C(=O)N1CCC(C(N)=O)CC1. The summed E-state index contributed by atoms with van der Waals surface area (Å²) in [5.41, 5.74) is 15.7. The van der Waals surface area contributed by atoms with Crippen molar-refractivity contribution in [1.29, 1.82) is 0 Å². The van der Waals surface area contributed by atoms with Crippen LogP contribution < -0.4 is 17.2 Å². The van der Waals surface area contributed by atoms with Crippen molar-refractivity contribution in [3.63, 3.8) is 0 Å². The van der Waals surface area contributed by atoms with Crippen LogP contribution in [0.4, 0.5) is 0 Å². The van der Waals surface area contributed by atoms with Gasteiger partial charge in [-0.2, -0.15) is 0 Å². The van der Waals surface area contributed by atoms with E-state index in [2.05, 4.69) is 0 Å². The summed E-state index contributed by atoms with van der Waals surface area (Å²) in [5.74, 6) is -1.41. The van der Waals surface area contributed by atoms with Crippen molar-refractivity contribution in [1.82, 2.24) is 4.90 Å². The van der Waals surface area contributed by atoms with Gasteiger partial charge in [-0.1, -0.05) is 0 Å². The number of carbonyl (C=O) groups is 3. The topological polar surface area (TPSA) is 133 Å². The van der Waals surface area contributed by atoms with Crippen molar-refractivity contribution in [2.24, 2.45) is 23.1 Å². The first-order valence-electron chi connectivity index (χ1n) is 5.53. The van der Waals surface area contributed by atoms with E-state index in [0.29, 0.717) is 25.9 Å². The summed E-state index contributed by atoms with van der Waals surface area (Å²) in [7, 11) is 0. The standard InChI is InChI=1S/C10H18N4O3/c11-7(5-8(12)15)10(17)14-3-1-6(2-4-14)9(13)16/h6-7H,1-5,11H2,(H2,12,15)(H2,13,16). The molecule has 7 nitrogen and oxygen atoms in total. The van der Waals surface area contributed by atoms with Crippen molar-refractivity contribution >= 4 is 17.7 Å². The fraction of sp³-hybridized carbons (Fsp3) is 0.700. The Balaban J connectivity index is 2.45. The lowest BCUT2D eigenvalue weighted by Gasteiger charge is -2.32. The van der Waals surface area contributed by atoms with Gasteiger partial charge in [-0.05, 0) is 12.8 Å². The van der Waals surface area contributed by atoms with Crippen LogP contribution >= 0.6 is 0 Å². The molecule has 1 fully saturated rings. The smallest absolute Gasteiger partial charge is 0.240 e. The molecule has 0 saturated carbocycles. The lowest BCUT2D eigenvalue weighted by molar-refractivity contribution is -0.137. The molecule has 0 aromatic heterocycles. The molecule has 1 aliphatic heterocycles. The number of primary amides is 2. The summed E-state index contributed by atoms with van der Waals surface area (Å²) in [6, 6.07) is -0.891. The molecule has 7 heteroatoms. The largest absolute Gasteiger partial charge is 0.370 e. The predicted octanol–water partition coefficient (Wildman–Crippen LogP) is -2.09. The maximum Gasteiger partial charge on any atom is 0.240 e. The molecule has 1 atom stereocenters. The summed E-state index contributed by atoms with van der Waals surface area (Å²) >= 11 is 0. The third-order valence-corrected chi connectivity index (χ3v) is 2.95. The number of rotatable bonds is 4. The summed E-state index contributed by atoms with van der Waals surface area (Å²) < 4.78 is 0. The van der Waals surface area contributed by atoms with Gasteiger partial charge in [0.2, 0.25) is 17.7 Å². The second kappa shape index (κ2) is 5.62. The first kappa shape index (κ1) is 13.4. The average Bonchev–Trinajstić information content (AvgIpc) is 2.27. The minimum Gasteiger partial charge on any atom is -0.370 e. The fourth-order valence-electron chi connectivity index (χ4n) is 1.92. The maximum absolute atomic E-state index is 11.8. The van der Waals surface area contributed by atoms with E-state index in [4.69, 9.17) is 17.2 Å². The van der Waals surface area contributed by atoms with Crippen LogP contribution in [0.1, 0.15) is 19.3 Å². The quantitative estimate of drug-likeness (QED) is 0.521. The average molecular weight is 242 g/mol. The number of hydrogen-bond acceptors (Lipinski definition) is 4. The van der Waals surface area contributed by atoms with Gasteiger partial charge in [0, 0.05) is 19.0 Å². The number of piperidine rings is 1. The van der Waals surface area contributed by atoms with Gasteiger partial charge in [0.05, 0.1) is 12.5 Å². The third kappa shape index (κ3) is 3.70. The third-order valence-electron chi connectivity index (χ3n) is 2.95. The van der Waals surface area contributed by atoms with Crippen molar-refractivity contribution in [2.45, 2.75) is 25.3 Å². The monoisotopic (exact) mass is 242 g/mol. The summed E-state index contributed by atoms with van der Waals surface area (Å²) in [6.45, 7) is 0.887. The second-order valence-electron chi connectivity index (χ2n) is 4.28. The van der Waals surface area contributed by atoms with Gasteiger partial charge in [0.25, 0.3) is 0 Å². The van der Waals surface area contributed by atoms with Gasteiger partial charge in [-0.25, -0.2) is 0 Å². The molecule has 0 aliphatic carbocycles. The Bertz CT molecular complexity index is 324. The van der Waals surface area contributed by atoms with E-state index in [1.807, 2.05) is 0 Å². The molecule has 0 aromatic rings. The second-order valence-corrected chi connectivity index (χ2v) is 4.28. The molecule has 17 heavy (non-hydrogen) atoms. The van der Waals surface area contributed by atoms with Crippen molar-refractivity contribution in [3.05, 3.63) is 0 Å². The molecule has 1 heterocycles. The van der Waals surface area contributed by atoms with Gasteiger partial charge < -0.3 is 22.1 Å². The number of hydrogen-bond donors (Lipinski definition) is 3. The van der Waals surface area contributed by atoms with Crippen LogP contribution in [0.3, 0.4) is 0 Å². The highest BCUT2D eigenvalue weighted by atomic mass is 16.2. The van der Waals surface area contributed by atoms with Crippen LogP contribution in [0.2, 0.25) is 0 Å². The van der Waals surface area contributed by atoms with Gasteiger partial charge in [-0.15, -0.1) is 0 Å². The van der Waals surface area contributed by atoms with Crippen LogP contribution in [0.15, 0.2) is 0 Å². The fourth-order valence-corrected chi connectivity index (χ4v) is 1.92. The molecule has 1 rings (SSSR count). The normalized spacial score (nSPS) is 18.8. The Morgan fingerprint density at radius 1 is 1.18 bits per heavy atom. The van der Waals surface area contributed by atoms with Gasteiger partial charge in [0.15, 0.2) is 0 Å². The van der Waals surface area contributed by atoms with Crippen molar-refractivity contribution in [2.75, 3.05) is 13.1 Å². The minimum atomic E-state index is -0.891. The highest BCUT2D eigenvalue weighted by Gasteiger charge is 2.28. The minimum absolute atomic E-state index is 0.158. The van der Waals surface area contributed by atoms with Crippen LogP contribution in [-0.2, 0) is 14.4 Å². The van der Waals surface area contributed by atoms with Crippen LogP contribution in [0.25, 0.3) is 0 Å². The van der Waals surface area contributed by atoms with Gasteiger partial charge >= 0.3 is 0 Å². The van der Waals surface area contributed by atoms with E-state index in [0.717, 1.165) is 0 Å². The number of likely N-dealkylation sites (tertiary alicyclic amines) is 1. The summed E-state index contributed by atoms with van der Waals surface area (Å²) in [5, 5.41) is 0. The molecule has 0 radical (unpaired) electrons. The van der Waals surface area contributed by atoms with E-state index in [1.165, 1.54) is 0 Å². The molecule has 6 N–H and O–H groups in total. The zero-order valence-electron chi connectivity index (χ0n) is 9.59. The molecule has 0 bridgehead atoms. The highest BCUT2D eigenvalue weighted by molar-refractivity contribution is 5.87. The Morgan fingerprint density at radius 3 is 2.12 bits per heavy atom. The molecule has 0 spiro atoms. The zero-order valence-corrected chi connectivity index (χ0v) is 9.59.